The van der Waals surface area contributed by atoms with Gasteiger partial charge in [0.05, 0.1) is 11.3 Å². The van der Waals surface area contributed by atoms with Crippen molar-refractivity contribution in [2.24, 2.45) is 0 Å². The van der Waals surface area contributed by atoms with E-state index in [-0.39, 0.29) is 11.3 Å². The van der Waals surface area contributed by atoms with Crippen molar-refractivity contribution in [1.29, 1.82) is 0 Å². The molecule has 0 radical (unpaired) electrons. The monoisotopic (exact) mass is 429 g/mol. The molecule has 32 heavy (non-hydrogen) atoms. The number of halogens is 3. The van der Waals surface area contributed by atoms with Gasteiger partial charge in [0.25, 0.3) is 0 Å². The normalized spacial score (nSPS) is 11.8. The maximum atomic E-state index is 14.1. The fourth-order valence-corrected chi connectivity index (χ4v) is 3.76. The molecule has 0 saturated carbocycles. The minimum absolute atomic E-state index is 0.167. The van der Waals surface area contributed by atoms with Crippen LogP contribution in [0.5, 0.6) is 0 Å². The van der Waals surface area contributed by atoms with E-state index in [1.165, 1.54) is 0 Å². The number of aryl methyl sites for hydroxylation is 1. The molecule has 0 aliphatic rings. The van der Waals surface area contributed by atoms with Crippen LogP contribution >= 0.6 is 0 Å². The lowest BCUT2D eigenvalue weighted by Gasteiger charge is -2.12. The molecule has 3 aromatic carbocycles. The molecule has 3 nitrogen and oxygen atoms in total. The van der Waals surface area contributed by atoms with Crippen LogP contribution in [0.25, 0.3) is 39.3 Å². The highest BCUT2D eigenvalue weighted by atomic mass is 19.4. The fourth-order valence-electron chi connectivity index (χ4n) is 3.76. The van der Waals surface area contributed by atoms with Gasteiger partial charge in [0, 0.05) is 11.1 Å². The Morgan fingerprint density at radius 1 is 0.719 bits per heavy atom. The summed E-state index contributed by atoms with van der Waals surface area (Å²) < 4.78 is 43.3. The zero-order chi connectivity index (χ0) is 22.3. The second-order valence-electron chi connectivity index (χ2n) is 7.58. The topological polar surface area (TPSA) is 30.2 Å². The van der Waals surface area contributed by atoms with Crippen LogP contribution in [0.3, 0.4) is 0 Å². The number of alkyl halides is 3. The summed E-state index contributed by atoms with van der Waals surface area (Å²) in [7, 11) is 0. The Hall–Kier alpha value is -3.93. The molecule has 0 spiro atoms. The van der Waals surface area contributed by atoms with Crippen LogP contribution in [-0.2, 0) is 6.18 Å². The smallest absolute Gasteiger partial charge is 0.228 e. The van der Waals surface area contributed by atoms with E-state index >= 15 is 0 Å². The quantitative estimate of drug-likeness (QED) is 0.307. The molecule has 5 rings (SSSR count). The van der Waals surface area contributed by atoms with Crippen LogP contribution < -0.4 is 0 Å². The van der Waals surface area contributed by atoms with Gasteiger partial charge in [0.15, 0.2) is 11.3 Å². The van der Waals surface area contributed by atoms with Crippen molar-refractivity contribution < 1.29 is 13.2 Å². The summed E-state index contributed by atoms with van der Waals surface area (Å²) in [6.45, 7) is 1.93. The van der Waals surface area contributed by atoms with Gasteiger partial charge in [-0.2, -0.15) is 18.3 Å². The Balaban J connectivity index is 1.89. The Labute approximate surface area is 182 Å². The number of hydrogen-bond acceptors (Lipinski definition) is 2. The highest BCUT2D eigenvalue weighted by Crippen LogP contribution is 2.39. The minimum atomic E-state index is -4.60. The maximum absolute atomic E-state index is 14.1. The molecule has 158 valence electrons. The van der Waals surface area contributed by atoms with Crippen molar-refractivity contribution in [2.75, 3.05) is 0 Å². The molecule has 0 aliphatic heterocycles. The Kier molecular flexibility index (Phi) is 4.78. The second-order valence-corrected chi connectivity index (χ2v) is 7.58. The first-order valence-corrected chi connectivity index (χ1v) is 10.1. The predicted octanol–water partition coefficient (Wildman–Crippen LogP) is 7.06. The lowest BCUT2D eigenvalue weighted by molar-refractivity contribution is -0.142. The summed E-state index contributed by atoms with van der Waals surface area (Å²) in [5, 5.41) is 4.41. The number of fused-ring (bicyclic) bond motifs is 1. The number of rotatable bonds is 3. The molecule has 0 amide bonds. The van der Waals surface area contributed by atoms with Crippen molar-refractivity contribution in [3.8, 4) is 33.6 Å². The molecule has 0 unspecified atom stereocenters. The molecule has 2 heterocycles. The third-order valence-electron chi connectivity index (χ3n) is 5.34. The van der Waals surface area contributed by atoms with Gasteiger partial charge in [-0.05, 0) is 18.6 Å². The summed E-state index contributed by atoms with van der Waals surface area (Å²) in [6, 6.07) is 26.8. The third-order valence-corrected chi connectivity index (χ3v) is 5.34. The first-order chi connectivity index (χ1) is 15.4. The van der Waals surface area contributed by atoms with E-state index in [0.717, 1.165) is 27.3 Å². The fraction of sp³-hybridized carbons (Fsp3) is 0.0769. The van der Waals surface area contributed by atoms with Gasteiger partial charge in [-0.25, -0.2) is 9.50 Å². The first-order valence-electron chi connectivity index (χ1n) is 10.1. The van der Waals surface area contributed by atoms with Crippen LogP contribution in [0.15, 0.2) is 91.0 Å². The third kappa shape index (κ3) is 3.54. The van der Waals surface area contributed by atoms with Crippen LogP contribution in [-0.4, -0.2) is 14.6 Å². The van der Waals surface area contributed by atoms with Crippen molar-refractivity contribution in [2.45, 2.75) is 13.1 Å². The first kappa shape index (κ1) is 20.0. The van der Waals surface area contributed by atoms with E-state index in [9.17, 15) is 13.2 Å². The van der Waals surface area contributed by atoms with Gasteiger partial charge in [0.2, 0.25) is 0 Å². The van der Waals surface area contributed by atoms with Crippen molar-refractivity contribution >= 4 is 5.65 Å². The molecule has 0 fully saturated rings. The van der Waals surface area contributed by atoms with E-state index in [1.807, 2.05) is 79.7 Å². The summed E-state index contributed by atoms with van der Waals surface area (Å²) >= 11 is 0. The molecular formula is C26H18F3N3. The largest absolute Gasteiger partial charge is 0.433 e. The Morgan fingerprint density at radius 2 is 1.31 bits per heavy atom. The van der Waals surface area contributed by atoms with Gasteiger partial charge in [-0.1, -0.05) is 90.5 Å². The molecule has 2 aromatic heterocycles. The average molecular weight is 429 g/mol. The molecule has 0 aliphatic carbocycles. The van der Waals surface area contributed by atoms with Crippen LogP contribution in [0.1, 0.15) is 11.3 Å². The Bertz CT molecular complexity index is 1390. The zero-order valence-corrected chi connectivity index (χ0v) is 17.1. The SMILES string of the molecule is Cc1ccc(-c2cc(C(F)(F)F)n3nc(-c4ccccc4)c(-c4ccccc4)c3n2)cc1. The summed E-state index contributed by atoms with van der Waals surface area (Å²) in [4.78, 5) is 4.67. The number of hydrogen-bond donors (Lipinski definition) is 0. The molecular weight excluding hydrogens is 411 g/mol. The minimum Gasteiger partial charge on any atom is -0.228 e. The Morgan fingerprint density at radius 3 is 1.91 bits per heavy atom. The summed E-state index contributed by atoms with van der Waals surface area (Å²) in [5.41, 5.74) is 3.69. The molecule has 5 aromatic rings. The van der Waals surface area contributed by atoms with Gasteiger partial charge in [-0.3, -0.25) is 0 Å². The highest BCUT2D eigenvalue weighted by molar-refractivity contribution is 5.91. The predicted molar refractivity (Wildman–Crippen MR) is 119 cm³/mol. The van der Waals surface area contributed by atoms with E-state index in [4.69, 9.17) is 0 Å². The lowest BCUT2D eigenvalue weighted by atomic mass is 10.0. The van der Waals surface area contributed by atoms with Crippen LogP contribution in [0, 0.1) is 6.92 Å². The summed E-state index contributed by atoms with van der Waals surface area (Å²) in [5.74, 6) is 0. The zero-order valence-electron chi connectivity index (χ0n) is 17.1. The van der Waals surface area contributed by atoms with E-state index in [2.05, 4.69) is 10.1 Å². The number of nitrogens with zero attached hydrogens (tertiary/aromatic N) is 3. The maximum Gasteiger partial charge on any atom is 0.433 e. The molecule has 0 bridgehead atoms. The lowest BCUT2D eigenvalue weighted by Crippen LogP contribution is -2.13. The van der Waals surface area contributed by atoms with Crippen molar-refractivity contribution in [3.05, 3.63) is 102 Å². The number of benzene rings is 3. The molecule has 0 atom stereocenters. The standard InChI is InChI=1S/C26H18F3N3/c1-17-12-14-18(15-13-17)21-16-22(26(27,28)29)32-25(30-21)23(19-8-4-2-5-9-19)24(31-32)20-10-6-3-7-11-20/h2-16H,1H3. The molecule has 0 saturated heterocycles. The summed E-state index contributed by atoms with van der Waals surface area (Å²) in [6.07, 6.45) is -4.60. The van der Waals surface area contributed by atoms with Gasteiger partial charge in [-0.15, -0.1) is 0 Å². The molecule has 6 heteroatoms. The van der Waals surface area contributed by atoms with Gasteiger partial charge in [0.1, 0.15) is 5.69 Å². The average Bonchev–Trinajstić information content (AvgIpc) is 3.19. The van der Waals surface area contributed by atoms with Crippen LogP contribution in [0.2, 0.25) is 0 Å². The van der Waals surface area contributed by atoms with E-state index in [1.54, 1.807) is 12.1 Å². The second kappa shape index (κ2) is 7.64. The molecule has 0 N–H and O–H groups in total. The highest BCUT2D eigenvalue weighted by Gasteiger charge is 2.36. The van der Waals surface area contributed by atoms with Gasteiger partial charge >= 0.3 is 6.18 Å². The van der Waals surface area contributed by atoms with E-state index in [0.29, 0.717) is 16.8 Å². The van der Waals surface area contributed by atoms with Crippen molar-refractivity contribution in [3.63, 3.8) is 0 Å². The van der Waals surface area contributed by atoms with E-state index < -0.39 is 11.9 Å². The van der Waals surface area contributed by atoms with Crippen molar-refractivity contribution in [1.82, 2.24) is 14.6 Å². The van der Waals surface area contributed by atoms with Gasteiger partial charge < -0.3 is 0 Å². The van der Waals surface area contributed by atoms with Crippen LogP contribution in [0.4, 0.5) is 13.2 Å². The number of aromatic nitrogens is 3.